The Kier molecular flexibility index (Phi) is 11.9. The minimum Gasteiger partial charge on any atom is -0.488 e. The second kappa shape index (κ2) is 17.3. The molecule has 0 aliphatic carbocycles. The van der Waals surface area contributed by atoms with Crippen molar-refractivity contribution < 1.29 is 38.1 Å². The number of carbonyl (C=O) groups is 4. The molecule has 0 bridgehead atoms. The number of rotatable bonds is 11. The highest BCUT2D eigenvalue weighted by Gasteiger charge is 2.42. The summed E-state index contributed by atoms with van der Waals surface area (Å²) in [5.74, 6) is 1.06. The third-order valence-corrected chi connectivity index (χ3v) is 12.9. The average molecular weight is 848 g/mol. The number of alkyl carbamates (subject to hydrolysis) is 2. The molecule has 5 heterocycles. The zero-order valence-electron chi connectivity index (χ0n) is 36.7. The number of H-pyrrole nitrogens is 2. The third-order valence-electron chi connectivity index (χ3n) is 12.9. The highest BCUT2D eigenvalue weighted by Crippen LogP contribution is 2.44. The summed E-state index contributed by atoms with van der Waals surface area (Å²) in [6.45, 7) is 11.1. The van der Waals surface area contributed by atoms with Crippen LogP contribution in [0.4, 0.5) is 9.59 Å². The zero-order chi connectivity index (χ0) is 44.0. The van der Waals surface area contributed by atoms with E-state index in [4.69, 9.17) is 23.9 Å². The number of aromatic nitrogens is 3. The molecule has 3 aromatic carbocycles. The summed E-state index contributed by atoms with van der Waals surface area (Å²) in [7, 11) is 4.26. The number of carbonyl (C=O) groups excluding carboxylic acids is 4. The van der Waals surface area contributed by atoms with Gasteiger partial charge in [-0.2, -0.15) is 0 Å². The number of hydrogen-bond donors (Lipinski definition) is 4. The van der Waals surface area contributed by atoms with Crippen molar-refractivity contribution in [3.8, 4) is 28.1 Å². The number of hydrogen-bond acceptors (Lipinski definition) is 9. The van der Waals surface area contributed by atoms with Crippen LogP contribution in [0.2, 0.25) is 0 Å². The molecular formula is C47H57N7O8. The predicted octanol–water partition coefficient (Wildman–Crippen LogP) is 7.62. The van der Waals surface area contributed by atoms with Gasteiger partial charge in [-0.1, -0.05) is 52.0 Å². The first-order valence-electron chi connectivity index (χ1n) is 21.5. The van der Waals surface area contributed by atoms with Crippen LogP contribution < -0.4 is 15.4 Å². The number of aromatic amines is 2. The Bertz CT molecular complexity index is 2510. The second-order valence-electron chi connectivity index (χ2n) is 17.6. The lowest BCUT2D eigenvalue weighted by molar-refractivity contribution is -0.137. The summed E-state index contributed by atoms with van der Waals surface area (Å²) >= 11 is 0. The SMILES string of the molecule is COC[C@H]1C[C@@H](c2cc3ccc4cc5c(cc4c3[nH]2)OCc2cc(-c3cnc([C@@H]4CC[C@H](C)N4C(=O)[C@@H](NC(=O)OC)C(C)C)[nH]3)ccc2-5)N(C(=O)[C@@H](NC(=O)OC)C(C)C)C1. The van der Waals surface area contributed by atoms with E-state index >= 15 is 0 Å². The van der Waals surface area contributed by atoms with Crippen molar-refractivity contribution in [2.75, 3.05) is 34.5 Å². The van der Waals surface area contributed by atoms with Gasteiger partial charge in [-0.15, -0.1) is 0 Å². The van der Waals surface area contributed by atoms with Gasteiger partial charge >= 0.3 is 12.2 Å². The van der Waals surface area contributed by atoms with Gasteiger partial charge in [-0.3, -0.25) is 9.59 Å². The molecule has 0 saturated carbocycles. The van der Waals surface area contributed by atoms with E-state index in [1.165, 1.54) is 14.2 Å². The summed E-state index contributed by atoms with van der Waals surface area (Å²) in [5, 5.41) is 8.57. The van der Waals surface area contributed by atoms with E-state index in [1.807, 2.05) is 50.6 Å². The molecule has 4 N–H and O–H groups in total. The standard InChI is InChI=1S/C47H57N7O8/c1-24(2)40(51-46(57)60-7)44(55)53-21-27(22-59-6)15-38(53)35-18-30-11-10-28-17-34-32-13-12-29(16-31(32)23-62-39(34)19-33(28)42(30)49-35)36-20-48-43(50-36)37-14-9-26(5)54(37)45(56)41(25(3)4)52-47(58)61-8/h10-13,16-20,24-27,37-38,40-41,49H,9,14-15,21-23H2,1-8H3,(H,48,50)(H,51,57)(H,52,58)/t26-,27-,37-,38-,40-,41-/m0/s1. The lowest BCUT2D eigenvalue weighted by Crippen LogP contribution is -2.52. The van der Waals surface area contributed by atoms with Crippen LogP contribution in [0.25, 0.3) is 44.1 Å². The van der Waals surface area contributed by atoms with Gasteiger partial charge in [-0.25, -0.2) is 14.6 Å². The van der Waals surface area contributed by atoms with E-state index in [9.17, 15) is 19.2 Å². The minimum absolute atomic E-state index is 0.0167. The lowest BCUT2D eigenvalue weighted by Gasteiger charge is -2.32. The fourth-order valence-electron chi connectivity index (χ4n) is 9.62. The number of nitrogens with one attached hydrogen (secondary N) is 4. The molecule has 0 unspecified atom stereocenters. The first kappa shape index (κ1) is 42.6. The van der Waals surface area contributed by atoms with Gasteiger partial charge in [-0.05, 0) is 84.4 Å². The summed E-state index contributed by atoms with van der Waals surface area (Å²) in [5.41, 5.74) is 6.83. The predicted molar refractivity (Wildman–Crippen MR) is 234 cm³/mol. The number of imidazole rings is 1. The summed E-state index contributed by atoms with van der Waals surface area (Å²) in [6.07, 6.45) is 2.84. The van der Waals surface area contributed by atoms with Crippen molar-refractivity contribution in [3.63, 3.8) is 0 Å². The van der Waals surface area contributed by atoms with Crippen molar-refractivity contribution >= 4 is 45.7 Å². The third kappa shape index (κ3) is 7.94. The van der Waals surface area contributed by atoms with Crippen LogP contribution in [-0.2, 0) is 30.4 Å². The summed E-state index contributed by atoms with van der Waals surface area (Å²) < 4.78 is 21.6. The summed E-state index contributed by atoms with van der Waals surface area (Å²) in [6, 6.07) is 15.0. The highest BCUT2D eigenvalue weighted by atomic mass is 16.5. The number of benzene rings is 3. The van der Waals surface area contributed by atoms with Crippen LogP contribution in [0.5, 0.6) is 5.75 Å². The molecule has 15 heteroatoms. The Hall–Kier alpha value is -6.09. The van der Waals surface area contributed by atoms with E-state index in [-0.39, 0.29) is 47.7 Å². The first-order valence-corrected chi connectivity index (χ1v) is 21.5. The fraction of sp³-hybridized carbons (Fsp3) is 0.468. The molecule has 62 heavy (non-hydrogen) atoms. The van der Waals surface area contributed by atoms with Gasteiger partial charge < -0.3 is 49.3 Å². The van der Waals surface area contributed by atoms with Gasteiger partial charge in [0, 0.05) is 47.6 Å². The number of ether oxygens (including phenoxy) is 4. The quantitative estimate of drug-likeness (QED) is 0.104. The zero-order valence-corrected chi connectivity index (χ0v) is 36.7. The molecule has 3 aliphatic rings. The first-order chi connectivity index (χ1) is 29.8. The van der Waals surface area contributed by atoms with Crippen LogP contribution >= 0.6 is 0 Å². The van der Waals surface area contributed by atoms with Crippen LogP contribution in [0.15, 0.2) is 54.7 Å². The molecule has 3 aliphatic heterocycles. The Labute approximate surface area is 361 Å². The number of amides is 4. The Morgan fingerprint density at radius 3 is 2.24 bits per heavy atom. The molecule has 328 valence electrons. The van der Waals surface area contributed by atoms with E-state index in [2.05, 4.69) is 69.1 Å². The second-order valence-corrected chi connectivity index (χ2v) is 17.6. The van der Waals surface area contributed by atoms with Crippen LogP contribution in [-0.4, -0.2) is 101 Å². The van der Waals surface area contributed by atoms with Gasteiger partial charge in [0.05, 0.1) is 50.3 Å². The minimum atomic E-state index is -0.734. The smallest absolute Gasteiger partial charge is 0.407 e. The maximum Gasteiger partial charge on any atom is 0.407 e. The Balaban J connectivity index is 1.05. The number of nitrogens with zero attached hydrogens (tertiary/aromatic N) is 3. The molecule has 0 spiro atoms. The van der Waals surface area contributed by atoms with E-state index in [0.29, 0.717) is 25.6 Å². The van der Waals surface area contributed by atoms with E-state index in [1.54, 1.807) is 7.11 Å². The van der Waals surface area contributed by atoms with Gasteiger partial charge in [0.15, 0.2) is 0 Å². The van der Waals surface area contributed by atoms with Crippen molar-refractivity contribution in [2.24, 2.45) is 17.8 Å². The topological polar surface area (TPSA) is 180 Å². The van der Waals surface area contributed by atoms with E-state index < -0.39 is 24.3 Å². The maximum absolute atomic E-state index is 14.1. The number of likely N-dealkylation sites (tertiary alicyclic amines) is 2. The van der Waals surface area contributed by atoms with Crippen LogP contribution in [0, 0.1) is 17.8 Å². The average Bonchev–Trinajstić information content (AvgIpc) is 4.09. The van der Waals surface area contributed by atoms with Gasteiger partial charge in [0.25, 0.3) is 0 Å². The van der Waals surface area contributed by atoms with Crippen molar-refractivity contribution in [1.29, 1.82) is 0 Å². The van der Waals surface area contributed by atoms with Crippen molar-refractivity contribution in [3.05, 3.63) is 71.8 Å². The normalized spacial score (nSPS) is 20.5. The molecule has 2 aromatic heterocycles. The lowest BCUT2D eigenvalue weighted by atomic mass is 9.92. The molecule has 0 radical (unpaired) electrons. The number of fused-ring (bicyclic) bond motifs is 6. The highest BCUT2D eigenvalue weighted by molar-refractivity contribution is 6.08. The largest absolute Gasteiger partial charge is 0.488 e. The van der Waals surface area contributed by atoms with Gasteiger partial charge in [0.2, 0.25) is 11.8 Å². The number of methoxy groups -OCH3 is 3. The molecular weight excluding hydrogens is 791 g/mol. The van der Waals surface area contributed by atoms with E-state index in [0.717, 1.165) is 80.3 Å². The van der Waals surface area contributed by atoms with Crippen LogP contribution in [0.3, 0.4) is 0 Å². The Morgan fingerprint density at radius 1 is 0.839 bits per heavy atom. The summed E-state index contributed by atoms with van der Waals surface area (Å²) in [4.78, 5) is 68.0. The molecule has 8 rings (SSSR count). The molecule has 2 fully saturated rings. The molecule has 2 saturated heterocycles. The van der Waals surface area contributed by atoms with Crippen LogP contribution in [0.1, 0.15) is 83.0 Å². The molecule has 4 amide bonds. The monoisotopic (exact) mass is 847 g/mol. The van der Waals surface area contributed by atoms with Crippen molar-refractivity contribution in [2.45, 2.75) is 90.7 Å². The molecule has 5 aromatic rings. The fourth-order valence-corrected chi connectivity index (χ4v) is 9.62. The maximum atomic E-state index is 14.1. The van der Waals surface area contributed by atoms with Gasteiger partial charge in [0.1, 0.15) is 30.3 Å². The Morgan fingerprint density at radius 2 is 1.55 bits per heavy atom. The molecule has 6 atom stereocenters. The van der Waals surface area contributed by atoms with Crippen molar-refractivity contribution in [1.82, 2.24) is 35.4 Å². The molecule has 15 nitrogen and oxygen atoms in total.